The Bertz CT molecular complexity index is 575. The molecule has 2 rings (SSSR count). The lowest BCUT2D eigenvalue weighted by Gasteiger charge is -2.15. The Kier molecular flexibility index (Phi) is 4.00. The van der Waals surface area contributed by atoms with E-state index in [1.807, 2.05) is 31.5 Å². The summed E-state index contributed by atoms with van der Waals surface area (Å²) in [5.74, 6) is -0.264. The van der Waals surface area contributed by atoms with E-state index in [9.17, 15) is 4.39 Å². The summed E-state index contributed by atoms with van der Waals surface area (Å²) in [5, 5.41) is 4.46. The van der Waals surface area contributed by atoms with Gasteiger partial charge in [0, 0.05) is 12.1 Å². The molecule has 0 saturated heterocycles. The molecule has 1 heterocycles. The van der Waals surface area contributed by atoms with Gasteiger partial charge in [0.05, 0.1) is 17.4 Å². The molecule has 0 radical (unpaired) electrons. The molecule has 0 amide bonds. The summed E-state index contributed by atoms with van der Waals surface area (Å²) in [6, 6.07) is 6.51. The van der Waals surface area contributed by atoms with Gasteiger partial charge in [-0.25, -0.2) is 4.39 Å². The van der Waals surface area contributed by atoms with E-state index < -0.39 is 6.04 Å². The van der Waals surface area contributed by atoms with Crippen molar-refractivity contribution in [1.82, 2.24) is 9.78 Å². The van der Waals surface area contributed by atoms with Crippen LogP contribution in [0.4, 0.5) is 4.39 Å². The molecule has 0 aliphatic heterocycles. The first kappa shape index (κ1) is 13.7. The lowest BCUT2D eigenvalue weighted by molar-refractivity contribution is 0.565. The van der Waals surface area contributed by atoms with E-state index in [1.54, 1.807) is 12.1 Å². The fourth-order valence-corrected chi connectivity index (χ4v) is 2.22. The van der Waals surface area contributed by atoms with Crippen LogP contribution in [0.15, 0.2) is 24.3 Å². The third kappa shape index (κ3) is 2.68. The van der Waals surface area contributed by atoms with Gasteiger partial charge < -0.3 is 5.73 Å². The van der Waals surface area contributed by atoms with Gasteiger partial charge >= 0.3 is 0 Å². The second-order valence-electron chi connectivity index (χ2n) is 4.73. The molecular weight excluding hydrogens is 241 g/mol. The zero-order valence-corrected chi connectivity index (χ0v) is 11.7. The SMILES string of the molecule is CCc1cc(C(N)c2cc(C)ccc2F)n(CC)n1. The molecule has 1 aromatic carbocycles. The Morgan fingerprint density at radius 2 is 2.05 bits per heavy atom. The first-order valence-electron chi connectivity index (χ1n) is 6.65. The predicted molar refractivity (Wildman–Crippen MR) is 74.4 cm³/mol. The van der Waals surface area contributed by atoms with Crippen LogP contribution in [0.25, 0.3) is 0 Å². The lowest BCUT2D eigenvalue weighted by atomic mass is 10.0. The first-order chi connectivity index (χ1) is 9.06. The average molecular weight is 261 g/mol. The highest BCUT2D eigenvalue weighted by Crippen LogP contribution is 2.24. The summed E-state index contributed by atoms with van der Waals surface area (Å²) in [6.45, 7) is 6.72. The third-order valence-corrected chi connectivity index (χ3v) is 3.33. The molecule has 0 aliphatic rings. The summed E-state index contributed by atoms with van der Waals surface area (Å²) in [4.78, 5) is 0. The number of rotatable bonds is 4. The van der Waals surface area contributed by atoms with Gasteiger partial charge in [0.25, 0.3) is 0 Å². The molecule has 1 unspecified atom stereocenters. The van der Waals surface area contributed by atoms with E-state index in [2.05, 4.69) is 5.10 Å². The minimum absolute atomic E-state index is 0.264. The van der Waals surface area contributed by atoms with E-state index in [-0.39, 0.29) is 5.82 Å². The molecule has 0 bridgehead atoms. The predicted octanol–water partition coefficient (Wildman–Crippen LogP) is 2.96. The van der Waals surface area contributed by atoms with Crippen LogP contribution in [-0.4, -0.2) is 9.78 Å². The molecule has 4 heteroatoms. The van der Waals surface area contributed by atoms with Crippen molar-refractivity contribution in [2.45, 2.75) is 39.8 Å². The Morgan fingerprint density at radius 3 is 2.68 bits per heavy atom. The molecule has 0 saturated carbocycles. The highest BCUT2D eigenvalue weighted by atomic mass is 19.1. The van der Waals surface area contributed by atoms with Crippen molar-refractivity contribution >= 4 is 0 Å². The minimum atomic E-state index is -0.479. The lowest BCUT2D eigenvalue weighted by Crippen LogP contribution is -2.18. The van der Waals surface area contributed by atoms with E-state index in [0.29, 0.717) is 5.56 Å². The van der Waals surface area contributed by atoms with Gasteiger partial charge in [-0.1, -0.05) is 24.6 Å². The van der Waals surface area contributed by atoms with Crippen molar-refractivity contribution in [3.63, 3.8) is 0 Å². The molecular formula is C15H20FN3. The molecule has 2 N–H and O–H groups in total. The number of halogens is 1. The van der Waals surface area contributed by atoms with Crippen molar-refractivity contribution in [3.8, 4) is 0 Å². The topological polar surface area (TPSA) is 43.8 Å². The van der Waals surface area contributed by atoms with Crippen molar-refractivity contribution < 1.29 is 4.39 Å². The van der Waals surface area contributed by atoms with Gasteiger partial charge in [-0.15, -0.1) is 0 Å². The van der Waals surface area contributed by atoms with Crippen LogP contribution in [0.2, 0.25) is 0 Å². The van der Waals surface area contributed by atoms with E-state index in [1.165, 1.54) is 6.07 Å². The number of nitrogens with two attached hydrogens (primary N) is 1. The van der Waals surface area contributed by atoms with Crippen LogP contribution in [0.5, 0.6) is 0 Å². The molecule has 0 spiro atoms. The quantitative estimate of drug-likeness (QED) is 0.919. The number of hydrogen-bond acceptors (Lipinski definition) is 2. The average Bonchev–Trinajstić information content (AvgIpc) is 2.84. The van der Waals surface area contributed by atoms with E-state index in [0.717, 1.165) is 29.9 Å². The summed E-state index contributed by atoms with van der Waals surface area (Å²) in [5.41, 5.74) is 9.61. The maximum atomic E-state index is 13.9. The van der Waals surface area contributed by atoms with E-state index >= 15 is 0 Å². The van der Waals surface area contributed by atoms with Crippen LogP contribution in [0.3, 0.4) is 0 Å². The summed E-state index contributed by atoms with van der Waals surface area (Å²) < 4.78 is 15.8. The molecule has 1 aromatic heterocycles. The number of benzene rings is 1. The molecule has 0 fully saturated rings. The van der Waals surface area contributed by atoms with Crippen LogP contribution >= 0.6 is 0 Å². The van der Waals surface area contributed by atoms with Gasteiger partial charge in [0.2, 0.25) is 0 Å². The van der Waals surface area contributed by atoms with Gasteiger partial charge in [-0.05, 0) is 32.4 Å². The van der Waals surface area contributed by atoms with Crippen LogP contribution in [0, 0.1) is 12.7 Å². The number of hydrogen-bond donors (Lipinski definition) is 1. The van der Waals surface area contributed by atoms with Gasteiger partial charge in [0.1, 0.15) is 5.82 Å². The maximum absolute atomic E-state index is 13.9. The molecule has 2 aromatic rings. The Balaban J connectivity index is 2.45. The van der Waals surface area contributed by atoms with Crippen molar-refractivity contribution in [2.24, 2.45) is 5.73 Å². The van der Waals surface area contributed by atoms with Crippen molar-refractivity contribution in [3.05, 3.63) is 52.6 Å². The smallest absolute Gasteiger partial charge is 0.128 e. The monoisotopic (exact) mass is 261 g/mol. The van der Waals surface area contributed by atoms with E-state index in [4.69, 9.17) is 5.73 Å². The minimum Gasteiger partial charge on any atom is -0.319 e. The molecule has 3 nitrogen and oxygen atoms in total. The summed E-state index contributed by atoms with van der Waals surface area (Å²) in [7, 11) is 0. The van der Waals surface area contributed by atoms with Crippen LogP contribution in [0.1, 0.15) is 42.4 Å². The van der Waals surface area contributed by atoms with Crippen LogP contribution < -0.4 is 5.73 Å². The Labute approximate surface area is 113 Å². The second kappa shape index (κ2) is 5.53. The van der Waals surface area contributed by atoms with Crippen molar-refractivity contribution in [2.75, 3.05) is 0 Å². The molecule has 0 aliphatic carbocycles. The number of aryl methyl sites for hydroxylation is 3. The number of nitrogens with zero attached hydrogens (tertiary/aromatic N) is 2. The summed E-state index contributed by atoms with van der Waals surface area (Å²) >= 11 is 0. The normalized spacial score (nSPS) is 12.7. The first-order valence-corrected chi connectivity index (χ1v) is 6.65. The molecule has 102 valence electrons. The molecule has 1 atom stereocenters. The van der Waals surface area contributed by atoms with Gasteiger partial charge in [-0.2, -0.15) is 5.10 Å². The Morgan fingerprint density at radius 1 is 1.32 bits per heavy atom. The largest absolute Gasteiger partial charge is 0.319 e. The van der Waals surface area contributed by atoms with Crippen LogP contribution in [-0.2, 0) is 13.0 Å². The summed E-state index contributed by atoms with van der Waals surface area (Å²) in [6.07, 6.45) is 0.850. The zero-order valence-electron chi connectivity index (χ0n) is 11.7. The fraction of sp³-hybridized carbons (Fsp3) is 0.400. The second-order valence-corrected chi connectivity index (χ2v) is 4.73. The van der Waals surface area contributed by atoms with Gasteiger partial charge in [-0.3, -0.25) is 4.68 Å². The van der Waals surface area contributed by atoms with Crippen molar-refractivity contribution in [1.29, 1.82) is 0 Å². The van der Waals surface area contributed by atoms with Gasteiger partial charge in [0.15, 0.2) is 0 Å². The fourth-order valence-electron chi connectivity index (χ4n) is 2.22. The maximum Gasteiger partial charge on any atom is 0.128 e. The highest BCUT2D eigenvalue weighted by molar-refractivity contribution is 5.32. The number of aromatic nitrogens is 2. The standard InChI is InChI=1S/C15H20FN3/c1-4-11-9-14(19(5-2)18-11)15(17)12-8-10(3)6-7-13(12)16/h6-9,15H,4-5,17H2,1-3H3. The highest BCUT2D eigenvalue weighted by Gasteiger charge is 2.18. The third-order valence-electron chi connectivity index (χ3n) is 3.33. The zero-order chi connectivity index (χ0) is 14.0. The molecule has 19 heavy (non-hydrogen) atoms. The Hall–Kier alpha value is -1.68.